The van der Waals surface area contributed by atoms with E-state index in [9.17, 15) is 13.5 Å². The maximum atomic E-state index is 12.5. The van der Waals surface area contributed by atoms with E-state index in [1.165, 1.54) is 16.8 Å². The van der Waals surface area contributed by atoms with Crippen molar-refractivity contribution in [1.29, 1.82) is 0 Å². The number of morpholine rings is 1. The molecule has 0 aliphatic carbocycles. The van der Waals surface area contributed by atoms with Crippen LogP contribution in [0.4, 0.5) is 0 Å². The first-order valence-electron chi connectivity index (χ1n) is 7.40. The predicted molar refractivity (Wildman–Crippen MR) is 78.8 cm³/mol. The van der Waals surface area contributed by atoms with Crippen LogP contribution in [0, 0.1) is 0 Å². The fraction of sp³-hybridized carbons (Fsp3) is 0.769. The van der Waals surface area contributed by atoms with Gasteiger partial charge in [0.05, 0.1) is 25.1 Å². The Morgan fingerprint density at radius 3 is 2.73 bits per heavy atom. The van der Waals surface area contributed by atoms with Crippen molar-refractivity contribution in [3.8, 4) is 0 Å². The SMILES string of the molecule is Cn1cnc(S(=O)(=O)N2CC[C@](O)(CN3CCOCC3)C2)c1. The molecule has 9 heteroatoms. The quantitative estimate of drug-likeness (QED) is 0.752. The van der Waals surface area contributed by atoms with E-state index in [4.69, 9.17) is 4.74 Å². The Kier molecular flexibility index (Phi) is 4.25. The number of rotatable bonds is 4. The van der Waals surface area contributed by atoms with E-state index < -0.39 is 15.6 Å². The summed E-state index contributed by atoms with van der Waals surface area (Å²) in [6.07, 6.45) is 3.38. The minimum Gasteiger partial charge on any atom is -0.387 e. The number of imidazole rings is 1. The molecule has 1 N–H and O–H groups in total. The summed E-state index contributed by atoms with van der Waals surface area (Å²) in [5.74, 6) is 0. The fourth-order valence-corrected chi connectivity index (χ4v) is 4.47. The lowest BCUT2D eigenvalue weighted by Gasteiger charge is -2.33. The van der Waals surface area contributed by atoms with E-state index in [1.807, 2.05) is 0 Å². The predicted octanol–water partition coefficient (Wildman–Crippen LogP) is -1.12. The lowest BCUT2D eigenvalue weighted by molar-refractivity contribution is -0.0239. The smallest absolute Gasteiger partial charge is 0.262 e. The number of sulfonamides is 1. The average molecular weight is 330 g/mol. The number of hydrogen-bond donors (Lipinski definition) is 1. The molecule has 2 fully saturated rings. The second kappa shape index (κ2) is 5.89. The van der Waals surface area contributed by atoms with Crippen molar-refractivity contribution in [2.24, 2.45) is 7.05 Å². The molecule has 2 aliphatic rings. The Balaban J connectivity index is 1.68. The molecule has 0 bridgehead atoms. The molecule has 124 valence electrons. The highest BCUT2D eigenvalue weighted by Crippen LogP contribution is 2.27. The molecule has 3 rings (SSSR count). The molecule has 1 aromatic rings. The fourth-order valence-electron chi connectivity index (χ4n) is 2.98. The van der Waals surface area contributed by atoms with Crippen LogP contribution in [0.25, 0.3) is 0 Å². The van der Waals surface area contributed by atoms with E-state index in [0.29, 0.717) is 32.7 Å². The minimum absolute atomic E-state index is 0.0330. The molecule has 2 aliphatic heterocycles. The zero-order chi connectivity index (χ0) is 15.8. The van der Waals surface area contributed by atoms with Gasteiger partial charge in [-0.25, -0.2) is 13.4 Å². The first kappa shape index (κ1) is 15.9. The van der Waals surface area contributed by atoms with E-state index in [2.05, 4.69) is 9.88 Å². The van der Waals surface area contributed by atoms with Crippen LogP contribution in [-0.4, -0.2) is 83.8 Å². The Bertz CT molecular complexity index is 626. The van der Waals surface area contributed by atoms with Gasteiger partial charge in [0.1, 0.15) is 0 Å². The first-order chi connectivity index (χ1) is 10.4. The van der Waals surface area contributed by atoms with E-state index in [-0.39, 0.29) is 11.6 Å². The first-order valence-corrected chi connectivity index (χ1v) is 8.84. The van der Waals surface area contributed by atoms with Crippen LogP contribution < -0.4 is 0 Å². The summed E-state index contributed by atoms with van der Waals surface area (Å²) in [5.41, 5.74) is -1.00. The monoisotopic (exact) mass is 330 g/mol. The maximum Gasteiger partial charge on any atom is 0.262 e. The van der Waals surface area contributed by atoms with Crippen LogP contribution in [0.15, 0.2) is 17.6 Å². The molecule has 22 heavy (non-hydrogen) atoms. The summed E-state index contributed by atoms with van der Waals surface area (Å²) in [7, 11) is -1.90. The van der Waals surface area contributed by atoms with Gasteiger partial charge in [-0.15, -0.1) is 0 Å². The van der Waals surface area contributed by atoms with Gasteiger partial charge in [-0.05, 0) is 6.42 Å². The number of β-amino-alcohol motifs (C(OH)–C–C–N with tert-alkyl or cyclic N) is 1. The average Bonchev–Trinajstić information content (AvgIpc) is 3.07. The largest absolute Gasteiger partial charge is 0.387 e. The van der Waals surface area contributed by atoms with Crippen LogP contribution in [0.5, 0.6) is 0 Å². The van der Waals surface area contributed by atoms with Crippen LogP contribution in [0.3, 0.4) is 0 Å². The third-order valence-electron chi connectivity index (χ3n) is 4.20. The maximum absolute atomic E-state index is 12.5. The summed E-state index contributed by atoms with van der Waals surface area (Å²) in [5, 5.41) is 10.7. The van der Waals surface area contributed by atoms with Gasteiger partial charge in [0.25, 0.3) is 10.0 Å². The molecule has 0 amide bonds. The van der Waals surface area contributed by atoms with Crippen molar-refractivity contribution in [2.75, 3.05) is 45.9 Å². The van der Waals surface area contributed by atoms with Crippen molar-refractivity contribution in [2.45, 2.75) is 17.0 Å². The second-order valence-corrected chi connectivity index (χ2v) is 7.96. The van der Waals surface area contributed by atoms with Gasteiger partial charge in [0.15, 0.2) is 5.03 Å². The molecule has 1 aromatic heterocycles. The molecule has 0 radical (unpaired) electrons. The minimum atomic E-state index is -3.63. The van der Waals surface area contributed by atoms with Gasteiger partial charge >= 0.3 is 0 Å². The lowest BCUT2D eigenvalue weighted by Crippen LogP contribution is -2.49. The van der Waals surface area contributed by atoms with Gasteiger partial charge in [0, 0.05) is 46.0 Å². The molecular weight excluding hydrogens is 308 g/mol. The topological polar surface area (TPSA) is 87.9 Å². The molecular formula is C13H22N4O4S. The molecule has 0 aromatic carbocycles. The molecule has 0 spiro atoms. The number of ether oxygens (including phenoxy) is 1. The number of nitrogens with zero attached hydrogens (tertiary/aromatic N) is 4. The Labute approximate surface area is 130 Å². The zero-order valence-corrected chi connectivity index (χ0v) is 13.5. The van der Waals surface area contributed by atoms with Gasteiger partial charge in [0.2, 0.25) is 0 Å². The van der Waals surface area contributed by atoms with E-state index in [0.717, 1.165) is 13.1 Å². The van der Waals surface area contributed by atoms with Crippen LogP contribution in [0.1, 0.15) is 6.42 Å². The van der Waals surface area contributed by atoms with Gasteiger partial charge in [-0.2, -0.15) is 4.31 Å². The van der Waals surface area contributed by atoms with E-state index >= 15 is 0 Å². The van der Waals surface area contributed by atoms with Crippen molar-refractivity contribution < 1.29 is 18.3 Å². The van der Waals surface area contributed by atoms with Crippen LogP contribution >= 0.6 is 0 Å². The Morgan fingerprint density at radius 1 is 1.36 bits per heavy atom. The highest BCUT2D eigenvalue weighted by atomic mass is 32.2. The van der Waals surface area contributed by atoms with Gasteiger partial charge in [-0.1, -0.05) is 0 Å². The number of hydrogen-bond acceptors (Lipinski definition) is 6. The van der Waals surface area contributed by atoms with Crippen LogP contribution in [0.2, 0.25) is 0 Å². The van der Waals surface area contributed by atoms with Crippen LogP contribution in [-0.2, 0) is 21.8 Å². The van der Waals surface area contributed by atoms with Gasteiger partial charge in [-0.3, -0.25) is 4.90 Å². The Morgan fingerprint density at radius 2 is 2.09 bits per heavy atom. The highest BCUT2D eigenvalue weighted by Gasteiger charge is 2.43. The zero-order valence-electron chi connectivity index (χ0n) is 12.7. The Hall–Kier alpha value is -1.00. The number of aliphatic hydroxyl groups is 1. The van der Waals surface area contributed by atoms with Gasteiger partial charge < -0.3 is 14.4 Å². The van der Waals surface area contributed by atoms with Crippen molar-refractivity contribution in [3.05, 3.63) is 12.5 Å². The summed E-state index contributed by atoms with van der Waals surface area (Å²) < 4.78 is 33.3. The van der Waals surface area contributed by atoms with Crippen molar-refractivity contribution >= 4 is 10.0 Å². The number of aromatic nitrogens is 2. The molecule has 0 saturated carbocycles. The highest BCUT2D eigenvalue weighted by molar-refractivity contribution is 7.89. The standard InChI is InChI=1S/C13H22N4O4S/c1-15-8-12(14-11-15)22(19,20)17-3-2-13(18,10-17)9-16-4-6-21-7-5-16/h8,11,18H,2-7,9-10H2,1H3/t13-/m0/s1. The van der Waals surface area contributed by atoms with Crippen molar-refractivity contribution in [1.82, 2.24) is 18.8 Å². The summed E-state index contributed by atoms with van der Waals surface area (Å²) in [6.45, 7) is 3.77. The summed E-state index contributed by atoms with van der Waals surface area (Å²) >= 11 is 0. The second-order valence-electron chi connectivity index (χ2n) is 6.08. The molecule has 0 unspecified atom stereocenters. The molecule has 8 nitrogen and oxygen atoms in total. The third kappa shape index (κ3) is 3.18. The summed E-state index contributed by atoms with van der Waals surface area (Å²) in [4.78, 5) is 6.05. The number of aryl methyl sites for hydroxylation is 1. The lowest BCUT2D eigenvalue weighted by atomic mass is 10.0. The van der Waals surface area contributed by atoms with Crippen molar-refractivity contribution in [3.63, 3.8) is 0 Å². The molecule has 3 heterocycles. The normalized spacial score (nSPS) is 28.3. The van der Waals surface area contributed by atoms with E-state index in [1.54, 1.807) is 11.6 Å². The third-order valence-corrected chi connectivity index (χ3v) is 5.94. The molecule has 2 saturated heterocycles. The molecule has 1 atom stereocenters. The summed E-state index contributed by atoms with van der Waals surface area (Å²) in [6, 6.07) is 0.